The number of hydrogen-bond acceptors (Lipinski definition) is 3. The fraction of sp³-hybridized carbons (Fsp3) is 0.545. The van der Waals surface area contributed by atoms with E-state index in [1.54, 1.807) is 4.90 Å². The van der Waals surface area contributed by atoms with Crippen LogP contribution in [0, 0.1) is 0 Å². The molecule has 1 N–H and O–H groups in total. The molecular formula is C22H33N5O. The van der Waals surface area contributed by atoms with Crippen molar-refractivity contribution in [3.63, 3.8) is 0 Å². The van der Waals surface area contributed by atoms with Gasteiger partial charge in [0.15, 0.2) is 0 Å². The highest BCUT2D eigenvalue weighted by molar-refractivity contribution is 5.89. The van der Waals surface area contributed by atoms with Crippen molar-refractivity contribution in [2.45, 2.75) is 51.6 Å². The molecule has 2 amide bonds. The number of piperidine rings is 1. The average molecular weight is 384 g/mol. The van der Waals surface area contributed by atoms with E-state index in [0.717, 1.165) is 31.6 Å². The molecule has 2 aromatic rings. The van der Waals surface area contributed by atoms with Gasteiger partial charge in [-0.3, -0.25) is 9.58 Å². The molecule has 152 valence electrons. The molecule has 0 radical (unpaired) electrons. The van der Waals surface area contributed by atoms with E-state index in [1.165, 1.54) is 30.4 Å². The van der Waals surface area contributed by atoms with Crippen LogP contribution >= 0.6 is 0 Å². The molecule has 1 fully saturated rings. The second-order valence-corrected chi connectivity index (χ2v) is 7.99. The Hall–Kier alpha value is -2.34. The highest BCUT2D eigenvalue weighted by atomic mass is 16.2. The van der Waals surface area contributed by atoms with Crippen LogP contribution in [0.25, 0.3) is 0 Å². The number of anilines is 1. The maximum Gasteiger partial charge on any atom is 0.321 e. The number of carbonyl (C=O) groups is 1. The van der Waals surface area contributed by atoms with Crippen molar-refractivity contribution in [1.29, 1.82) is 0 Å². The van der Waals surface area contributed by atoms with E-state index >= 15 is 0 Å². The molecule has 0 bridgehead atoms. The van der Waals surface area contributed by atoms with Gasteiger partial charge in [0.1, 0.15) is 0 Å². The van der Waals surface area contributed by atoms with E-state index in [4.69, 9.17) is 0 Å². The van der Waals surface area contributed by atoms with Gasteiger partial charge < -0.3 is 10.2 Å². The lowest BCUT2D eigenvalue weighted by Gasteiger charge is -2.33. The first kappa shape index (κ1) is 20.4. The first-order chi connectivity index (χ1) is 13.5. The van der Waals surface area contributed by atoms with Crippen LogP contribution in [0.4, 0.5) is 10.5 Å². The molecule has 1 aliphatic rings. The van der Waals surface area contributed by atoms with Gasteiger partial charge in [-0.25, -0.2) is 4.79 Å². The smallest absolute Gasteiger partial charge is 0.321 e. The molecule has 0 spiro atoms. The summed E-state index contributed by atoms with van der Waals surface area (Å²) in [5.41, 5.74) is 3.33. The summed E-state index contributed by atoms with van der Waals surface area (Å²) in [5.74, 6) is 0. The first-order valence-corrected chi connectivity index (χ1v) is 10.3. The predicted octanol–water partition coefficient (Wildman–Crippen LogP) is 3.89. The van der Waals surface area contributed by atoms with Crippen LogP contribution < -0.4 is 5.32 Å². The second kappa shape index (κ2) is 9.73. The van der Waals surface area contributed by atoms with E-state index in [9.17, 15) is 4.79 Å². The summed E-state index contributed by atoms with van der Waals surface area (Å²) in [6, 6.07) is 8.82. The van der Waals surface area contributed by atoms with Crippen LogP contribution in [-0.4, -0.2) is 51.8 Å². The molecule has 28 heavy (non-hydrogen) atoms. The van der Waals surface area contributed by atoms with Crippen molar-refractivity contribution in [2.75, 3.05) is 25.5 Å². The van der Waals surface area contributed by atoms with Crippen molar-refractivity contribution in [3.8, 4) is 0 Å². The molecular weight excluding hydrogens is 350 g/mol. The summed E-state index contributed by atoms with van der Waals surface area (Å²) in [5, 5.41) is 7.22. The SMILES string of the molecule is C[C@H]1CCCCN1Cc1cccc(NC(=O)N(C)CCCc2cnn(C)c2)c1. The Labute approximate surface area is 168 Å². The monoisotopic (exact) mass is 383 g/mol. The van der Waals surface area contributed by atoms with Crippen LogP contribution in [0.5, 0.6) is 0 Å². The number of urea groups is 1. The maximum atomic E-state index is 12.5. The molecule has 6 heteroatoms. The fourth-order valence-electron chi connectivity index (χ4n) is 3.82. The lowest BCUT2D eigenvalue weighted by molar-refractivity contribution is 0.152. The van der Waals surface area contributed by atoms with E-state index in [0.29, 0.717) is 12.6 Å². The number of rotatable bonds is 7. The number of carbonyl (C=O) groups excluding carboxylic acids is 1. The van der Waals surface area contributed by atoms with Gasteiger partial charge in [-0.05, 0) is 62.4 Å². The summed E-state index contributed by atoms with van der Waals surface area (Å²) in [6.45, 7) is 5.14. The number of likely N-dealkylation sites (tertiary alicyclic amines) is 1. The van der Waals surface area contributed by atoms with Crippen LogP contribution in [0.15, 0.2) is 36.7 Å². The van der Waals surface area contributed by atoms with Crippen molar-refractivity contribution in [1.82, 2.24) is 19.6 Å². The van der Waals surface area contributed by atoms with Gasteiger partial charge in [-0.1, -0.05) is 18.6 Å². The van der Waals surface area contributed by atoms with Crippen LogP contribution in [0.3, 0.4) is 0 Å². The number of hydrogen-bond donors (Lipinski definition) is 1. The lowest BCUT2D eigenvalue weighted by Crippen LogP contribution is -2.36. The van der Waals surface area contributed by atoms with Crippen LogP contribution in [0.1, 0.15) is 43.7 Å². The molecule has 0 aliphatic carbocycles. The fourth-order valence-corrected chi connectivity index (χ4v) is 3.82. The molecule has 0 saturated carbocycles. The Morgan fingerprint density at radius 3 is 2.93 bits per heavy atom. The molecule has 1 aliphatic heterocycles. The van der Waals surface area contributed by atoms with Gasteiger partial charge in [0, 0.05) is 45.1 Å². The number of aromatic nitrogens is 2. The van der Waals surface area contributed by atoms with E-state index < -0.39 is 0 Å². The summed E-state index contributed by atoms with van der Waals surface area (Å²) < 4.78 is 1.81. The quantitative estimate of drug-likeness (QED) is 0.789. The third kappa shape index (κ3) is 5.83. The van der Waals surface area contributed by atoms with Gasteiger partial charge in [-0.15, -0.1) is 0 Å². The van der Waals surface area contributed by atoms with E-state index in [2.05, 4.69) is 34.4 Å². The summed E-state index contributed by atoms with van der Waals surface area (Å²) in [6.07, 6.45) is 9.65. The van der Waals surface area contributed by atoms with Crippen molar-refractivity contribution in [3.05, 3.63) is 47.8 Å². The van der Waals surface area contributed by atoms with Gasteiger partial charge >= 0.3 is 6.03 Å². The normalized spacial score (nSPS) is 17.5. The molecule has 1 aromatic carbocycles. The minimum atomic E-state index is -0.0605. The Balaban J connectivity index is 1.47. The zero-order valence-electron chi connectivity index (χ0n) is 17.4. The zero-order valence-corrected chi connectivity index (χ0v) is 17.4. The van der Waals surface area contributed by atoms with Crippen LogP contribution in [-0.2, 0) is 20.0 Å². The van der Waals surface area contributed by atoms with Crippen molar-refractivity contribution >= 4 is 11.7 Å². The van der Waals surface area contributed by atoms with Gasteiger partial charge in [0.25, 0.3) is 0 Å². The molecule has 1 aromatic heterocycles. The molecule has 2 heterocycles. The molecule has 6 nitrogen and oxygen atoms in total. The minimum absolute atomic E-state index is 0.0605. The minimum Gasteiger partial charge on any atom is -0.328 e. The number of nitrogens with one attached hydrogen (secondary N) is 1. The number of nitrogens with zero attached hydrogens (tertiary/aromatic N) is 4. The Kier molecular flexibility index (Phi) is 7.09. The van der Waals surface area contributed by atoms with Crippen molar-refractivity contribution in [2.24, 2.45) is 7.05 Å². The summed E-state index contributed by atoms with van der Waals surface area (Å²) >= 11 is 0. The van der Waals surface area contributed by atoms with E-state index in [-0.39, 0.29) is 6.03 Å². The zero-order chi connectivity index (χ0) is 19.9. The van der Waals surface area contributed by atoms with E-state index in [1.807, 2.05) is 43.3 Å². The highest BCUT2D eigenvalue weighted by Crippen LogP contribution is 2.20. The average Bonchev–Trinajstić information content (AvgIpc) is 3.09. The Morgan fingerprint density at radius 2 is 2.18 bits per heavy atom. The maximum absolute atomic E-state index is 12.5. The Bertz CT molecular complexity index is 772. The van der Waals surface area contributed by atoms with Gasteiger partial charge in [-0.2, -0.15) is 5.10 Å². The standard InChI is InChI=1S/C22H33N5O/c1-18-8-4-5-13-27(18)17-19-9-6-11-21(14-19)24-22(28)25(2)12-7-10-20-15-23-26(3)16-20/h6,9,11,14-16,18H,4-5,7-8,10,12-13,17H2,1-3H3,(H,24,28)/t18-/m0/s1. The number of aryl methyl sites for hydroxylation is 2. The first-order valence-electron chi connectivity index (χ1n) is 10.3. The third-order valence-corrected chi connectivity index (χ3v) is 5.57. The van der Waals surface area contributed by atoms with Gasteiger partial charge in [0.2, 0.25) is 0 Å². The molecule has 1 saturated heterocycles. The van der Waals surface area contributed by atoms with Crippen molar-refractivity contribution < 1.29 is 4.79 Å². The topological polar surface area (TPSA) is 53.4 Å². The predicted molar refractivity (Wildman–Crippen MR) is 113 cm³/mol. The summed E-state index contributed by atoms with van der Waals surface area (Å²) in [7, 11) is 3.76. The third-order valence-electron chi connectivity index (χ3n) is 5.57. The summed E-state index contributed by atoms with van der Waals surface area (Å²) in [4.78, 5) is 16.8. The molecule has 0 unspecified atom stereocenters. The second-order valence-electron chi connectivity index (χ2n) is 7.99. The van der Waals surface area contributed by atoms with Crippen LogP contribution in [0.2, 0.25) is 0 Å². The number of amides is 2. The number of benzene rings is 1. The lowest BCUT2D eigenvalue weighted by atomic mass is 10.0. The largest absolute Gasteiger partial charge is 0.328 e. The Morgan fingerprint density at radius 1 is 1.32 bits per heavy atom. The highest BCUT2D eigenvalue weighted by Gasteiger charge is 2.18. The van der Waals surface area contributed by atoms with Gasteiger partial charge in [0.05, 0.1) is 6.20 Å². The molecule has 3 rings (SSSR count). The molecule has 1 atom stereocenters.